The van der Waals surface area contributed by atoms with Gasteiger partial charge in [-0.1, -0.05) is 420 Å². The summed E-state index contributed by atoms with van der Waals surface area (Å²) < 4.78 is 68.8. The molecule has 0 saturated heterocycles. The smallest absolute Gasteiger partial charge is 0.462 e. The van der Waals surface area contributed by atoms with Crippen molar-refractivity contribution >= 4 is 39.5 Å². The molecule has 0 radical (unpaired) electrons. The molecule has 0 aromatic carbocycles. The summed E-state index contributed by atoms with van der Waals surface area (Å²) in [6, 6.07) is 0. The van der Waals surface area contributed by atoms with Gasteiger partial charge in [0.2, 0.25) is 0 Å². The van der Waals surface area contributed by atoms with Gasteiger partial charge in [0.25, 0.3) is 0 Å². The van der Waals surface area contributed by atoms with Crippen molar-refractivity contribution < 1.29 is 80.2 Å². The Balaban J connectivity index is 5.18. The monoisotopic (exact) mass is 1550 g/mol. The predicted octanol–water partition coefficient (Wildman–Crippen LogP) is 26.8. The molecule has 0 spiro atoms. The highest BCUT2D eigenvalue weighted by atomic mass is 31.2. The summed E-state index contributed by atoms with van der Waals surface area (Å²) in [5, 5.41) is 10.7. The lowest BCUT2D eigenvalue weighted by molar-refractivity contribution is -0.161. The summed E-state index contributed by atoms with van der Waals surface area (Å²) in [6.45, 7) is 7.37. The second-order valence-corrected chi connectivity index (χ2v) is 34.7. The Labute approximate surface area is 651 Å². The van der Waals surface area contributed by atoms with Gasteiger partial charge < -0.3 is 33.8 Å². The van der Waals surface area contributed by atoms with Gasteiger partial charge >= 0.3 is 39.5 Å². The maximum atomic E-state index is 13.1. The van der Waals surface area contributed by atoms with Crippen LogP contribution in [0.1, 0.15) is 471 Å². The van der Waals surface area contributed by atoms with Gasteiger partial charge in [0.1, 0.15) is 19.3 Å². The van der Waals surface area contributed by atoms with Crippen LogP contribution in [0.15, 0.2) is 0 Å². The average Bonchev–Trinajstić information content (AvgIpc) is 0.901. The molecule has 17 nitrogen and oxygen atoms in total. The number of aliphatic hydroxyl groups excluding tert-OH is 1. The quantitative estimate of drug-likeness (QED) is 0.0222. The molecule has 0 bridgehead atoms. The molecule has 630 valence electrons. The van der Waals surface area contributed by atoms with Crippen LogP contribution in [0.4, 0.5) is 0 Å². The summed E-state index contributed by atoms with van der Waals surface area (Å²) in [6.07, 6.45) is 73.8. The zero-order valence-corrected chi connectivity index (χ0v) is 71.4. The van der Waals surface area contributed by atoms with Crippen molar-refractivity contribution in [2.75, 3.05) is 39.6 Å². The first-order valence-electron chi connectivity index (χ1n) is 45.1. The van der Waals surface area contributed by atoms with E-state index in [4.69, 9.17) is 37.0 Å². The first-order chi connectivity index (χ1) is 51.5. The molecule has 3 N–H and O–H groups in total. The van der Waals surface area contributed by atoms with Crippen LogP contribution in [0.2, 0.25) is 0 Å². The molecule has 2 unspecified atom stereocenters. The molecule has 0 saturated carbocycles. The van der Waals surface area contributed by atoms with Crippen LogP contribution in [0.5, 0.6) is 0 Å². The number of unbranched alkanes of at least 4 members (excludes halogenated alkanes) is 59. The minimum atomic E-state index is -4.97. The number of hydrogen-bond donors (Lipinski definition) is 3. The maximum absolute atomic E-state index is 13.1. The van der Waals surface area contributed by atoms with Crippen LogP contribution in [0.25, 0.3) is 0 Å². The second kappa shape index (κ2) is 79.7. The number of phosphoric ester groups is 2. The fourth-order valence-electron chi connectivity index (χ4n) is 13.6. The third kappa shape index (κ3) is 80.1. The normalized spacial score (nSPS) is 13.7. The lowest BCUT2D eigenvalue weighted by Crippen LogP contribution is -2.30. The Morgan fingerprint density at radius 2 is 0.434 bits per heavy atom. The fraction of sp³-hybridized carbons (Fsp3) is 0.954. The standard InChI is InChI=1S/C87H170O17P2/c1-6-9-12-15-18-21-23-25-27-29-30-31-32-33-35-41-45-49-53-58-63-68-73-87(92)104-83(77-98-85(90)71-66-61-56-51-47-43-39-37-36-38-42-46-50-54-59-64-69-80(4)5)79-102-106(95,96)100-75-81(88)74-99-105(93,94)101-78-82(76-97-84(89)70-65-60-55-20-17-14-11-8-3)103-86(91)72-67-62-57-52-48-44-40-34-28-26-24-22-19-16-13-10-7-2/h80-83,88H,6-79H2,1-5H3,(H,93,94)(H,95,96)/t81-,82+,83+/m0/s1. The van der Waals surface area contributed by atoms with Gasteiger partial charge in [-0.25, -0.2) is 9.13 Å². The molecule has 0 aromatic heterocycles. The molecule has 0 aromatic rings. The fourth-order valence-corrected chi connectivity index (χ4v) is 15.2. The molecule has 0 aliphatic rings. The first-order valence-corrected chi connectivity index (χ1v) is 48.1. The molecule has 0 heterocycles. The molecule has 106 heavy (non-hydrogen) atoms. The third-order valence-corrected chi connectivity index (χ3v) is 22.4. The van der Waals surface area contributed by atoms with Gasteiger partial charge in [0.05, 0.1) is 26.4 Å². The summed E-state index contributed by atoms with van der Waals surface area (Å²) in [7, 11) is -9.92. The Morgan fingerprint density at radius 3 is 0.642 bits per heavy atom. The number of carbonyl (C=O) groups is 4. The maximum Gasteiger partial charge on any atom is 0.472 e. The number of aliphatic hydroxyl groups is 1. The third-order valence-electron chi connectivity index (χ3n) is 20.5. The second-order valence-electron chi connectivity index (χ2n) is 31.8. The van der Waals surface area contributed by atoms with Crippen LogP contribution in [0.3, 0.4) is 0 Å². The minimum absolute atomic E-state index is 0.109. The van der Waals surface area contributed by atoms with Crippen molar-refractivity contribution in [3.63, 3.8) is 0 Å². The van der Waals surface area contributed by atoms with Crippen LogP contribution in [-0.2, 0) is 65.4 Å². The van der Waals surface area contributed by atoms with E-state index in [-0.39, 0.29) is 25.7 Å². The number of carbonyl (C=O) groups excluding carboxylic acids is 4. The van der Waals surface area contributed by atoms with E-state index in [1.165, 1.54) is 295 Å². The molecule has 0 rings (SSSR count). The van der Waals surface area contributed by atoms with Crippen molar-refractivity contribution in [1.29, 1.82) is 0 Å². The molecule has 0 aliphatic carbocycles. The van der Waals surface area contributed by atoms with Gasteiger partial charge in [0, 0.05) is 25.7 Å². The molecule has 0 amide bonds. The van der Waals surface area contributed by atoms with Crippen molar-refractivity contribution in [2.24, 2.45) is 5.92 Å². The van der Waals surface area contributed by atoms with Crippen LogP contribution < -0.4 is 0 Å². The molecule has 0 aliphatic heterocycles. The lowest BCUT2D eigenvalue weighted by atomic mass is 10.0. The van der Waals surface area contributed by atoms with E-state index in [0.717, 1.165) is 95.8 Å². The number of esters is 4. The van der Waals surface area contributed by atoms with Gasteiger partial charge in [-0.15, -0.1) is 0 Å². The molecule has 19 heteroatoms. The molecular weight excluding hydrogens is 1380 g/mol. The van der Waals surface area contributed by atoms with Crippen molar-refractivity contribution in [3.8, 4) is 0 Å². The Hall–Kier alpha value is -1.94. The Bertz CT molecular complexity index is 2010. The zero-order valence-electron chi connectivity index (χ0n) is 69.6. The average molecular weight is 1550 g/mol. The van der Waals surface area contributed by atoms with Gasteiger partial charge in [-0.3, -0.25) is 37.3 Å². The molecule has 5 atom stereocenters. The van der Waals surface area contributed by atoms with Crippen molar-refractivity contribution in [2.45, 2.75) is 490 Å². The summed E-state index contributed by atoms with van der Waals surface area (Å²) in [4.78, 5) is 73.1. The van der Waals surface area contributed by atoms with E-state index >= 15 is 0 Å². The lowest BCUT2D eigenvalue weighted by Gasteiger charge is -2.21. The van der Waals surface area contributed by atoms with Gasteiger partial charge in [-0.05, 0) is 31.6 Å². The SMILES string of the molecule is CCCCCCCCCCCCCCCCCCCCCCCCC(=O)O[C@H](COC(=O)CCCCCCCCCCCCCCCCCCC(C)C)COP(=O)(O)OC[C@@H](O)COP(=O)(O)OC[C@@H](COC(=O)CCCCCCCCCC)OC(=O)CCCCCCCCCCCCCCCCCCC. The number of ether oxygens (including phenoxy) is 4. The molecule has 0 fully saturated rings. The number of rotatable bonds is 87. The highest BCUT2D eigenvalue weighted by molar-refractivity contribution is 7.47. The van der Waals surface area contributed by atoms with E-state index in [9.17, 15) is 43.2 Å². The van der Waals surface area contributed by atoms with Crippen molar-refractivity contribution in [1.82, 2.24) is 0 Å². The molecular formula is C87H170O17P2. The van der Waals surface area contributed by atoms with E-state index in [1.807, 2.05) is 0 Å². The topological polar surface area (TPSA) is 237 Å². The van der Waals surface area contributed by atoms with E-state index in [0.29, 0.717) is 25.7 Å². The van der Waals surface area contributed by atoms with E-state index < -0.39 is 97.5 Å². The van der Waals surface area contributed by atoms with Crippen LogP contribution in [-0.4, -0.2) is 96.7 Å². The highest BCUT2D eigenvalue weighted by Gasteiger charge is 2.30. The van der Waals surface area contributed by atoms with Crippen LogP contribution >= 0.6 is 15.6 Å². The Kier molecular flexibility index (Phi) is 78.2. The van der Waals surface area contributed by atoms with Crippen molar-refractivity contribution in [3.05, 3.63) is 0 Å². The van der Waals surface area contributed by atoms with E-state index in [2.05, 4.69) is 34.6 Å². The summed E-state index contributed by atoms with van der Waals surface area (Å²) in [5.41, 5.74) is 0. The predicted molar refractivity (Wildman–Crippen MR) is 437 cm³/mol. The van der Waals surface area contributed by atoms with Crippen LogP contribution in [0, 0.1) is 5.92 Å². The largest absolute Gasteiger partial charge is 0.472 e. The van der Waals surface area contributed by atoms with E-state index in [1.54, 1.807) is 0 Å². The summed E-state index contributed by atoms with van der Waals surface area (Å²) >= 11 is 0. The number of phosphoric acid groups is 2. The van der Waals surface area contributed by atoms with Gasteiger partial charge in [0.15, 0.2) is 12.2 Å². The zero-order chi connectivity index (χ0) is 77.6. The number of hydrogen-bond acceptors (Lipinski definition) is 15. The highest BCUT2D eigenvalue weighted by Crippen LogP contribution is 2.45. The summed E-state index contributed by atoms with van der Waals surface area (Å²) in [5.74, 6) is -1.29. The minimum Gasteiger partial charge on any atom is -0.462 e. The Morgan fingerprint density at radius 1 is 0.255 bits per heavy atom. The first kappa shape index (κ1) is 104. The van der Waals surface area contributed by atoms with Gasteiger partial charge in [-0.2, -0.15) is 0 Å².